The molecule has 3 nitrogen and oxygen atoms in total. The lowest BCUT2D eigenvalue weighted by molar-refractivity contribution is -0.137. The molecular weight excluding hydrogens is 233 g/mol. The number of alkyl halides is 3. The average molecular weight is 245 g/mol. The van der Waals surface area contributed by atoms with Gasteiger partial charge in [-0.3, -0.25) is 4.79 Å². The first-order chi connectivity index (χ1) is 7.79. The Morgan fingerprint density at radius 3 is 2.65 bits per heavy atom. The normalized spacial score (nSPS) is 11.6. The highest BCUT2D eigenvalue weighted by Gasteiger charge is 2.30. The van der Waals surface area contributed by atoms with Crippen LogP contribution >= 0.6 is 0 Å². The second kappa shape index (κ2) is 5.18. The molecule has 0 spiro atoms. The Morgan fingerprint density at radius 1 is 1.47 bits per heavy atom. The summed E-state index contributed by atoms with van der Waals surface area (Å²) in [7, 11) is 3.38. The van der Waals surface area contributed by atoms with Gasteiger partial charge in [-0.1, -0.05) is 6.07 Å². The topological polar surface area (TPSA) is 32.3 Å². The second-order valence-electron chi connectivity index (χ2n) is 3.77. The molecule has 1 radical (unpaired) electrons. The van der Waals surface area contributed by atoms with E-state index in [2.05, 4.69) is 11.4 Å². The van der Waals surface area contributed by atoms with Gasteiger partial charge in [-0.2, -0.15) is 13.2 Å². The van der Waals surface area contributed by atoms with Crippen molar-refractivity contribution in [3.05, 3.63) is 29.8 Å². The van der Waals surface area contributed by atoms with Crippen LogP contribution in [0.2, 0.25) is 0 Å². The summed E-state index contributed by atoms with van der Waals surface area (Å²) in [5.41, 5.74) is -0.789. The van der Waals surface area contributed by atoms with Crippen molar-refractivity contribution >= 4 is 11.6 Å². The SMILES string of the molecule is CN(C)CC(=O)Nc1[c]ccc(C(F)(F)F)c1. The van der Waals surface area contributed by atoms with Gasteiger partial charge in [0.1, 0.15) is 0 Å². The van der Waals surface area contributed by atoms with Crippen LogP contribution in [0.4, 0.5) is 18.9 Å². The third kappa shape index (κ3) is 4.44. The molecule has 0 unspecified atom stereocenters. The number of halogens is 3. The highest BCUT2D eigenvalue weighted by molar-refractivity contribution is 5.92. The molecule has 0 bridgehead atoms. The minimum atomic E-state index is -4.42. The summed E-state index contributed by atoms with van der Waals surface area (Å²) >= 11 is 0. The van der Waals surface area contributed by atoms with Gasteiger partial charge in [0.05, 0.1) is 12.1 Å². The van der Waals surface area contributed by atoms with Crippen LogP contribution in [0, 0.1) is 6.07 Å². The largest absolute Gasteiger partial charge is 0.416 e. The van der Waals surface area contributed by atoms with Gasteiger partial charge in [-0.25, -0.2) is 0 Å². The van der Waals surface area contributed by atoms with Gasteiger partial charge in [0.15, 0.2) is 0 Å². The molecule has 0 atom stereocenters. The lowest BCUT2D eigenvalue weighted by atomic mass is 10.2. The number of likely N-dealkylation sites (N-methyl/N-ethyl adjacent to an activating group) is 1. The van der Waals surface area contributed by atoms with E-state index in [9.17, 15) is 18.0 Å². The molecule has 93 valence electrons. The fraction of sp³-hybridized carbons (Fsp3) is 0.364. The van der Waals surface area contributed by atoms with E-state index in [-0.39, 0.29) is 18.1 Å². The number of nitrogens with zero attached hydrogens (tertiary/aromatic N) is 1. The third-order valence-corrected chi connectivity index (χ3v) is 1.86. The lowest BCUT2D eigenvalue weighted by Crippen LogP contribution is -2.27. The average Bonchev–Trinajstić information content (AvgIpc) is 2.15. The molecule has 1 N–H and O–H groups in total. The summed E-state index contributed by atoms with van der Waals surface area (Å²) in [5.74, 6) is -0.384. The Balaban J connectivity index is 2.76. The van der Waals surface area contributed by atoms with E-state index in [1.165, 1.54) is 0 Å². The standard InChI is InChI=1S/C11H12F3N2O/c1-16(2)7-10(17)15-9-5-3-4-8(6-9)11(12,13)14/h3-4,6H,7H2,1-2H3,(H,15,17). The number of nitrogens with one attached hydrogen (secondary N) is 1. The second-order valence-corrected chi connectivity index (χ2v) is 3.77. The fourth-order valence-electron chi connectivity index (χ4n) is 1.19. The fourth-order valence-corrected chi connectivity index (χ4v) is 1.19. The maximum atomic E-state index is 12.4. The third-order valence-electron chi connectivity index (χ3n) is 1.86. The Kier molecular flexibility index (Phi) is 4.11. The van der Waals surface area contributed by atoms with Crippen molar-refractivity contribution in [1.29, 1.82) is 0 Å². The zero-order valence-corrected chi connectivity index (χ0v) is 9.43. The highest BCUT2D eigenvalue weighted by atomic mass is 19.4. The van der Waals surface area contributed by atoms with E-state index < -0.39 is 11.7 Å². The summed E-state index contributed by atoms with van der Waals surface area (Å²) in [6.45, 7) is 0.101. The van der Waals surface area contributed by atoms with E-state index in [1.54, 1.807) is 19.0 Å². The maximum absolute atomic E-state index is 12.4. The summed E-state index contributed by atoms with van der Waals surface area (Å²) in [4.78, 5) is 12.9. The first-order valence-corrected chi connectivity index (χ1v) is 4.82. The van der Waals surface area contributed by atoms with Crippen LogP contribution in [0.3, 0.4) is 0 Å². The Hall–Kier alpha value is -1.56. The van der Waals surface area contributed by atoms with Crippen molar-refractivity contribution in [2.75, 3.05) is 26.0 Å². The van der Waals surface area contributed by atoms with E-state index in [4.69, 9.17) is 0 Å². The molecule has 1 aromatic carbocycles. The van der Waals surface area contributed by atoms with Gasteiger partial charge < -0.3 is 10.2 Å². The molecule has 0 saturated heterocycles. The predicted molar refractivity (Wildman–Crippen MR) is 57.5 cm³/mol. The van der Waals surface area contributed by atoms with Crippen LogP contribution in [0.25, 0.3) is 0 Å². The van der Waals surface area contributed by atoms with Crippen LogP contribution in [0.5, 0.6) is 0 Å². The number of hydrogen-bond acceptors (Lipinski definition) is 2. The van der Waals surface area contributed by atoms with E-state index in [0.29, 0.717) is 0 Å². The van der Waals surface area contributed by atoms with Crippen LogP contribution in [-0.4, -0.2) is 31.4 Å². The van der Waals surface area contributed by atoms with Crippen molar-refractivity contribution in [1.82, 2.24) is 4.90 Å². The van der Waals surface area contributed by atoms with Crippen molar-refractivity contribution in [3.63, 3.8) is 0 Å². The van der Waals surface area contributed by atoms with Crippen LogP contribution < -0.4 is 5.32 Å². The number of amides is 1. The number of anilines is 1. The molecule has 17 heavy (non-hydrogen) atoms. The monoisotopic (exact) mass is 245 g/mol. The summed E-state index contributed by atoms with van der Waals surface area (Å²) in [5, 5.41) is 2.35. The van der Waals surface area contributed by atoms with Crippen LogP contribution in [-0.2, 0) is 11.0 Å². The van der Waals surface area contributed by atoms with Crippen molar-refractivity contribution in [2.45, 2.75) is 6.18 Å². The molecule has 6 heteroatoms. The van der Waals surface area contributed by atoms with Gasteiger partial charge in [0.25, 0.3) is 0 Å². The predicted octanol–water partition coefficient (Wildman–Crippen LogP) is 2.01. The molecule has 0 heterocycles. The lowest BCUT2D eigenvalue weighted by Gasteiger charge is -2.11. The molecule has 0 fully saturated rings. The van der Waals surface area contributed by atoms with E-state index in [0.717, 1.165) is 18.2 Å². The number of carbonyl (C=O) groups is 1. The summed E-state index contributed by atoms with van der Waals surface area (Å²) in [6.07, 6.45) is -4.42. The smallest absolute Gasteiger partial charge is 0.324 e. The Bertz CT molecular complexity index is 402. The van der Waals surface area contributed by atoms with E-state index >= 15 is 0 Å². The quantitative estimate of drug-likeness (QED) is 0.883. The molecule has 0 aliphatic heterocycles. The first-order valence-electron chi connectivity index (χ1n) is 4.82. The molecule has 1 amide bonds. The van der Waals surface area contributed by atoms with Crippen LogP contribution in [0.15, 0.2) is 18.2 Å². The summed E-state index contributed by atoms with van der Waals surface area (Å²) < 4.78 is 37.1. The molecule has 0 saturated carbocycles. The minimum absolute atomic E-state index is 0.0201. The Morgan fingerprint density at radius 2 is 2.12 bits per heavy atom. The van der Waals surface area contributed by atoms with Gasteiger partial charge in [-0.05, 0) is 26.2 Å². The zero-order valence-electron chi connectivity index (χ0n) is 9.43. The molecule has 0 aliphatic rings. The molecule has 1 rings (SSSR count). The molecular formula is C11H12F3N2O. The van der Waals surface area contributed by atoms with Crippen molar-refractivity contribution in [2.24, 2.45) is 0 Å². The van der Waals surface area contributed by atoms with Crippen molar-refractivity contribution < 1.29 is 18.0 Å². The van der Waals surface area contributed by atoms with Crippen LogP contribution in [0.1, 0.15) is 5.56 Å². The van der Waals surface area contributed by atoms with Crippen molar-refractivity contribution in [3.8, 4) is 0 Å². The van der Waals surface area contributed by atoms with Gasteiger partial charge >= 0.3 is 6.18 Å². The van der Waals surface area contributed by atoms with E-state index in [1.807, 2.05) is 0 Å². The minimum Gasteiger partial charge on any atom is -0.324 e. The highest BCUT2D eigenvalue weighted by Crippen LogP contribution is 2.30. The van der Waals surface area contributed by atoms with Gasteiger partial charge in [0.2, 0.25) is 5.91 Å². The summed E-state index contributed by atoms with van der Waals surface area (Å²) in [6, 6.07) is 5.43. The zero-order chi connectivity index (χ0) is 13.1. The Labute approximate surface area is 97.2 Å². The number of hydrogen-bond donors (Lipinski definition) is 1. The van der Waals surface area contributed by atoms with Gasteiger partial charge in [0, 0.05) is 11.8 Å². The number of carbonyl (C=O) groups excluding carboxylic acids is 1. The van der Waals surface area contributed by atoms with Gasteiger partial charge in [-0.15, -0.1) is 0 Å². The molecule has 0 aromatic heterocycles. The number of rotatable bonds is 3. The maximum Gasteiger partial charge on any atom is 0.416 e. The molecule has 1 aromatic rings. The first kappa shape index (κ1) is 13.5. The molecule has 0 aliphatic carbocycles. The number of benzene rings is 1.